The third kappa shape index (κ3) is 2.14. The zero-order valence-electron chi connectivity index (χ0n) is 12.2. The zero-order chi connectivity index (χ0) is 15.1. The van der Waals surface area contributed by atoms with Crippen molar-refractivity contribution in [1.29, 1.82) is 0 Å². The molecule has 2 heterocycles. The first-order chi connectivity index (χ1) is 10.0. The van der Waals surface area contributed by atoms with E-state index in [2.05, 4.69) is 31.0 Å². The summed E-state index contributed by atoms with van der Waals surface area (Å²) in [7, 11) is 0. The van der Waals surface area contributed by atoms with Gasteiger partial charge in [0.2, 0.25) is 0 Å². The molecule has 3 aromatic rings. The second-order valence-electron chi connectivity index (χ2n) is 5.10. The SMILES string of the molecule is CCc1nc2scc(-c3ccc(C)c(C)c3)n2c1C(=O)O. The Morgan fingerprint density at radius 3 is 2.71 bits per heavy atom. The normalized spacial score (nSPS) is 11.2. The number of aromatic nitrogens is 2. The van der Waals surface area contributed by atoms with Crippen LogP contribution in [0.15, 0.2) is 23.6 Å². The van der Waals surface area contributed by atoms with Gasteiger partial charge in [-0.25, -0.2) is 9.78 Å². The first-order valence-corrected chi connectivity index (χ1v) is 7.70. The molecule has 0 atom stereocenters. The van der Waals surface area contributed by atoms with Gasteiger partial charge < -0.3 is 5.11 Å². The molecular weight excluding hydrogens is 284 g/mol. The Morgan fingerprint density at radius 1 is 1.33 bits per heavy atom. The molecule has 0 aliphatic carbocycles. The maximum Gasteiger partial charge on any atom is 0.354 e. The average Bonchev–Trinajstić information content (AvgIpc) is 2.99. The summed E-state index contributed by atoms with van der Waals surface area (Å²) in [5, 5.41) is 11.5. The monoisotopic (exact) mass is 300 g/mol. The van der Waals surface area contributed by atoms with Crippen molar-refractivity contribution in [3.63, 3.8) is 0 Å². The van der Waals surface area contributed by atoms with Gasteiger partial charge >= 0.3 is 5.97 Å². The molecule has 0 unspecified atom stereocenters. The zero-order valence-corrected chi connectivity index (χ0v) is 13.0. The standard InChI is InChI=1S/C16H16N2O2S/c1-4-12-14(15(19)20)18-13(8-21-16(18)17-12)11-6-5-9(2)10(3)7-11/h5-8H,4H2,1-3H3,(H,19,20). The smallest absolute Gasteiger partial charge is 0.354 e. The van der Waals surface area contributed by atoms with E-state index in [-0.39, 0.29) is 5.69 Å². The molecule has 2 aromatic heterocycles. The minimum Gasteiger partial charge on any atom is -0.477 e. The Balaban J connectivity index is 2.30. The second kappa shape index (κ2) is 5.00. The number of nitrogens with zero attached hydrogens (tertiary/aromatic N) is 2. The molecule has 0 radical (unpaired) electrons. The van der Waals surface area contributed by atoms with Crippen LogP contribution in [0.25, 0.3) is 16.2 Å². The summed E-state index contributed by atoms with van der Waals surface area (Å²) in [5.74, 6) is -0.928. The highest BCUT2D eigenvalue weighted by Gasteiger charge is 2.21. The largest absolute Gasteiger partial charge is 0.477 e. The molecule has 5 heteroatoms. The lowest BCUT2D eigenvalue weighted by Gasteiger charge is -2.06. The molecule has 0 aliphatic heterocycles. The lowest BCUT2D eigenvalue weighted by atomic mass is 10.0. The van der Waals surface area contributed by atoms with Crippen molar-refractivity contribution in [2.24, 2.45) is 0 Å². The van der Waals surface area contributed by atoms with Crippen LogP contribution in [0, 0.1) is 13.8 Å². The van der Waals surface area contributed by atoms with Gasteiger partial charge in [-0.2, -0.15) is 0 Å². The van der Waals surface area contributed by atoms with Gasteiger partial charge in [0.1, 0.15) is 0 Å². The van der Waals surface area contributed by atoms with Crippen LogP contribution < -0.4 is 0 Å². The first-order valence-electron chi connectivity index (χ1n) is 6.82. The van der Waals surface area contributed by atoms with Crippen molar-refractivity contribution >= 4 is 22.3 Å². The van der Waals surface area contributed by atoms with Gasteiger partial charge in [0, 0.05) is 5.38 Å². The fourth-order valence-corrected chi connectivity index (χ4v) is 3.39. The van der Waals surface area contributed by atoms with E-state index in [1.54, 1.807) is 4.40 Å². The van der Waals surface area contributed by atoms with Crippen molar-refractivity contribution < 1.29 is 9.90 Å². The van der Waals surface area contributed by atoms with Crippen molar-refractivity contribution in [2.75, 3.05) is 0 Å². The van der Waals surface area contributed by atoms with Gasteiger partial charge in [0.05, 0.1) is 11.4 Å². The molecule has 0 fully saturated rings. The van der Waals surface area contributed by atoms with Crippen molar-refractivity contribution in [3.05, 3.63) is 46.1 Å². The topological polar surface area (TPSA) is 54.6 Å². The van der Waals surface area contributed by atoms with E-state index in [9.17, 15) is 9.90 Å². The van der Waals surface area contributed by atoms with Crippen LogP contribution in [-0.4, -0.2) is 20.5 Å². The van der Waals surface area contributed by atoms with E-state index in [4.69, 9.17) is 0 Å². The number of thiazole rings is 1. The maximum atomic E-state index is 11.6. The van der Waals surface area contributed by atoms with Crippen LogP contribution >= 0.6 is 11.3 Å². The minimum absolute atomic E-state index is 0.280. The van der Waals surface area contributed by atoms with Crippen LogP contribution in [0.4, 0.5) is 0 Å². The van der Waals surface area contributed by atoms with Crippen LogP contribution in [0.1, 0.15) is 34.2 Å². The number of hydrogen-bond acceptors (Lipinski definition) is 3. The molecule has 4 nitrogen and oxygen atoms in total. The summed E-state index contributed by atoms with van der Waals surface area (Å²) < 4.78 is 1.76. The molecule has 0 bridgehead atoms. The summed E-state index contributed by atoms with van der Waals surface area (Å²) in [6.07, 6.45) is 0.613. The Hall–Kier alpha value is -2.14. The number of carbonyl (C=O) groups is 1. The molecule has 0 saturated carbocycles. The van der Waals surface area contributed by atoms with Gasteiger partial charge in [-0.1, -0.05) is 19.1 Å². The molecule has 3 rings (SSSR count). The molecular formula is C16H16N2O2S. The predicted molar refractivity (Wildman–Crippen MR) is 84.3 cm³/mol. The van der Waals surface area contributed by atoms with E-state index in [0.29, 0.717) is 12.1 Å². The van der Waals surface area contributed by atoms with Gasteiger partial charge in [-0.3, -0.25) is 4.40 Å². The fourth-order valence-electron chi connectivity index (χ4n) is 2.47. The minimum atomic E-state index is -0.928. The van der Waals surface area contributed by atoms with Crippen molar-refractivity contribution in [2.45, 2.75) is 27.2 Å². The fraction of sp³-hybridized carbons (Fsp3) is 0.250. The number of hydrogen-bond donors (Lipinski definition) is 1. The Labute approximate surface area is 126 Å². The Kier molecular flexibility index (Phi) is 3.29. The number of aryl methyl sites for hydroxylation is 3. The summed E-state index contributed by atoms with van der Waals surface area (Å²) in [5.41, 5.74) is 5.25. The third-order valence-corrected chi connectivity index (χ3v) is 4.60. The number of rotatable bonds is 3. The molecule has 1 N–H and O–H groups in total. The molecule has 0 aliphatic rings. The first kappa shape index (κ1) is 13.8. The predicted octanol–water partition coefficient (Wildman–Crippen LogP) is 3.94. The van der Waals surface area contributed by atoms with Crippen LogP contribution in [0.2, 0.25) is 0 Å². The summed E-state index contributed by atoms with van der Waals surface area (Å²) in [4.78, 5) is 16.8. The van der Waals surface area contributed by atoms with E-state index in [0.717, 1.165) is 16.2 Å². The van der Waals surface area contributed by atoms with Gasteiger partial charge in [-0.15, -0.1) is 11.3 Å². The molecule has 0 saturated heterocycles. The van der Waals surface area contributed by atoms with E-state index >= 15 is 0 Å². The second-order valence-corrected chi connectivity index (χ2v) is 5.94. The molecule has 21 heavy (non-hydrogen) atoms. The van der Waals surface area contributed by atoms with Crippen molar-refractivity contribution in [1.82, 2.24) is 9.38 Å². The number of aromatic carboxylic acids is 1. The number of imidazole rings is 1. The molecule has 108 valence electrons. The van der Waals surface area contributed by atoms with E-state index in [1.165, 1.54) is 22.5 Å². The lowest BCUT2D eigenvalue weighted by Crippen LogP contribution is -2.05. The lowest BCUT2D eigenvalue weighted by molar-refractivity contribution is 0.0688. The molecule has 0 amide bonds. The highest BCUT2D eigenvalue weighted by atomic mass is 32.1. The van der Waals surface area contributed by atoms with E-state index < -0.39 is 5.97 Å². The maximum absolute atomic E-state index is 11.6. The third-order valence-electron chi connectivity index (χ3n) is 3.78. The Morgan fingerprint density at radius 2 is 2.10 bits per heavy atom. The highest BCUT2D eigenvalue weighted by molar-refractivity contribution is 7.15. The molecule has 1 aromatic carbocycles. The summed E-state index contributed by atoms with van der Waals surface area (Å²) >= 11 is 1.48. The number of benzene rings is 1. The van der Waals surface area contributed by atoms with Gasteiger partial charge in [0.15, 0.2) is 10.7 Å². The number of carboxylic acids is 1. The van der Waals surface area contributed by atoms with Crippen LogP contribution in [0.5, 0.6) is 0 Å². The van der Waals surface area contributed by atoms with E-state index in [1.807, 2.05) is 18.4 Å². The average molecular weight is 300 g/mol. The highest BCUT2D eigenvalue weighted by Crippen LogP contribution is 2.30. The van der Waals surface area contributed by atoms with Crippen molar-refractivity contribution in [3.8, 4) is 11.3 Å². The summed E-state index contributed by atoms with van der Waals surface area (Å²) in [6.45, 7) is 6.05. The van der Waals surface area contributed by atoms with Gasteiger partial charge in [0.25, 0.3) is 0 Å². The van der Waals surface area contributed by atoms with Crippen LogP contribution in [0.3, 0.4) is 0 Å². The summed E-state index contributed by atoms with van der Waals surface area (Å²) in [6, 6.07) is 6.18. The number of carboxylic acid groups (broad SMARTS) is 1. The van der Waals surface area contributed by atoms with Gasteiger partial charge in [-0.05, 0) is 43.0 Å². The quantitative estimate of drug-likeness (QED) is 0.797. The molecule has 0 spiro atoms. The van der Waals surface area contributed by atoms with Crippen LogP contribution in [-0.2, 0) is 6.42 Å². The number of fused-ring (bicyclic) bond motifs is 1. The Bertz CT molecular complexity index is 845.